The average Bonchev–Trinajstić information content (AvgIpc) is 2.47. The minimum atomic E-state index is -2.99. The van der Waals surface area contributed by atoms with Crippen LogP contribution < -0.4 is 0 Å². The number of alkyl halides is 1. The molecule has 7 heteroatoms. The molecular weight excluding hydrogens is 226 g/mol. The molecule has 0 fully saturated rings. The fraction of sp³-hybridized carbons (Fsp3) is 0.714. The first kappa shape index (κ1) is 11.5. The normalized spacial score (nSPS) is 14.2. The van der Waals surface area contributed by atoms with E-state index in [0.717, 1.165) is 0 Å². The number of hydrogen-bond acceptors (Lipinski definition) is 4. The van der Waals surface area contributed by atoms with Gasteiger partial charge in [-0.15, -0.1) is 21.8 Å². The predicted octanol–water partition coefficient (Wildman–Crippen LogP) is 0.622. The largest absolute Gasteiger partial charge is 0.313 e. The number of sulfone groups is 1. The number of hydrogen-bond donors (Lipinski definition) is 0. The van der Waals surface area contributed by atoms with Crippen LogP contribution in [0, 0.1) is 0 Å². The van der Waals surface area contributed by atoms with Crippen LogP contribution in [-0.4, -0.2) is 35.2 Å². The molecule has 0 amide bonds. The Balaban J connectivity index is 2.84. The van der Waals surface area contributed by atoms with Crippen molar-refractivity contribution < 1.29 is 8.42 Å². The third-order valence-corrected chi connectivity index (χ3v) is 3.11. The van der Waals surface area contributed by atoms with Crippen LogP contribution >= 0.6 is 11.6 Å². The molecular formula is C7H12ClN3O2S. The summed E-state index contributed by atoms with van der Waals surface area (Å²) in [5, 5.41) is 7.45. The van der Waals surface area contributed by atoms with Crippen molar-refractivity contribution in [1.82, 2.24) is 14.8 Å². The van der Waals surface area contributed by atoms with Gasteiger partial charge in [0.2, 0.25) is 0 Å². The van der Waals surface area contributed by atoms with Crippen molar-refractivity contribution in [2.45, 2.75) is 18.8 Å². The van der Waals surface area contributed by atoms with Crippen molar-refractivity contribution in [3.8, 4) is 0 Å². The van der Waals surface area contributed by atoms with Crippen molar-refractivity contribution >= 4 is 21.4 Å². The highest BCUT2D eigenvalue weighted by Gasteiger charge is 2.15. The summed E-state index contributed by atoms with van der Waals surface area (Å²) in [6, 6.07) is -0.186. The number of nitrogens with zero attached hydrogens (tertiary/aromatic N) is 3. The molecule has 5 nitrogen and oxygen atoms in total. The van der Waals surface area contributed by atoms with Crippen molar-refractivity contribution in [2.24, 2.45) is 0 Å². The summed E-state index contributed by atoms with van der Waals surface area (Å²) in [5.74, 6) is 0.881. The molecule has 1 atom stereocenters. The minimum Gasteiger partial charge on any atom is -0.313 e. The van der Waals surface area contributed by atoms with Gasteiger partial charge in [0.1, 0.15) is 22.0 Å². The van der Waals surface area contributed by atoms with Gasteiger partial charge in [-0.2, -0.15) is 0 Å². The van der Waals surface area contributed by atoms with Crippen molar-refractivity contribution in [2.75, 3.05) is 12.0 Å². The maximum atomic E-state index is 11.0. The van der Waals surface area contributed by atoms with Crippen LogP contribution in [0.5, 0.6) is 0 Å². The van der Waals surface area contributed by atoms with Crippen LogP contribution in [0.4, 0.5) is 0 Å². The molecule has 1 unspecified atom stereocenters. The monoisotopic (exact) mass is 237 g/mol. The highest BCUT2D eigenvalue weighted by molar-refractivity contribution is 7.90. The van der Waals surface area contributed by atoms with Gasteiger partial charge in [-0.05, 0) is 6.92 Å². The molecule has 1 aromatic heterocycles. The molecule has 1 heterocycles. The van der Waals surface area contributed by atoms with Crippen molar-refractivity contribution in [1.29, 1.82) is 0 Å². The number of aromatic nitrogens is 3. The van der Waals surface area contributed by atoms with Crippen LogP contribution in [0.2, 0.25) is 0 Å². The van der Waals surface area contributed by atoms with Crippen LogP contribution in [0.15, 0.2) is 6.33 Å². The molecule has 1 rings (SSSR count). The van der Waals surface area contributed by atoms with E-state index in [1.165, 1.54) is 12.6 Å². The Morgan fingerprint density at radius 2 is 2.29 bits per heavy atom. The lowest BCUT2D eigenvalue weighted by Crippen LogP contribution is -2.17. The van der Waals surface area contributed by atoms with E-state index in [1.54, 1.807) is 11.5 Å². The summed E-state index contributed by atoms with van der Waals surface area (Å²) in [5.41, 5.74) is 0. The zero-order valence-corrected chi connectivity index (χ0v) is 9.59. The van der Waals surface area contributed by atoms with Gasteiger partial charge in [-0.3, -0.25) is 0 Å². The van der Waals surface area contributed by atoms with Gasteiger partial charge in [0.25, 0.3) is 0 Å². The third-order valence-electron chi connectivity index (χ3n) is 1.79. The molecule has 0 spiro atoms. The molecule has 0 bridgehead atoms. The van der Waals surface area contributed by atoms with Gasteiger partial charge in [0, 0.05) is 12.3 Å². The Bertz CT molecular complexity index is 401. The van der Waals surface area contributed by atoms with Gasteiger partial charge in [0.15, 0.2) is 0 Å². The fourth-order valence-corrected chi connectivity index (χ4v) is 2.48. The van der Waals surface area contributed by atoms with Gasteiger partial charge < -0.3 is 4.57 Å². The molecule has 0 radical (unpaired) electrons. The topological polar surface area (TPSA) is 64.8 Å². The Morgan fingerprint density at radius 3 is 2.79 bits per heavy atom. The minimum absolute atomic E-state index is 0.0644. The lowest BCUT2D eigenvalue weighted by atomic mass is 10.4. The van der Waals surface area contributed by atoms with E-state index in [1.807, 2.05) is 0 Å². The lowest BCUT2D eigenvalue weighted by Gasteiger charge is -2.12. The van der Waals surface area contributed by atoms with Gasteiger partial charge in [-0.1, -0.05) is 0 Å². The van der Waals surface area contributed by atoms with Gasteiger partial charge >= 0.3 is 0 Å². The summed E-state index contributed by atoms with van der Waals surface area (Å²) < 4.78 is 23.8. The summed E-state index contributed by atoms with van der Waals surface area (Å²) in [6.07, 6.45) is 2.70. The smallest absolute Gasteiger partial charge is 0.149 e. The molecule has 0 aliphatic rings. The highest BCUT2D eigenvalue weighted by Crippen LogP contribution is 2.11. The molecule has 0 aliphatic carbocycles. The van der Waals surface area contributed by atoms with Crippen LogP contribution in [0.25, 0.3) is 0 Å². The standard InChI is InChI=1S/C7H12ClN3O2S/c1-6(4-14(2,12)13)11-5-9-10-7(11)3-8/h5-6H,3-4H2,1-2H3. The van der Waals surface area contributed by atoms with E-state index in [0.29, 0.717) is 5.82 Å². The maximum absolute atomic E-state index is 11.0. The van der Waals surface area contributed by atoms with Crippen LogP contribution in [0.3, 0.4) is 0 Å². The van der Waals surface area contributed by atoms with E-state index in [9.17, 15) is 8.42 Å². The zero-order valence-electron chi connectivity index (χ0n) is 8.01. The number of rotatable bonds is 4. The predicted molar refractivity (Wildman–Crippen MR) is 54.0 cm³/mol. The average molecular weight is 238 g/mol. The summed E-state index contributed by atoms with van der Waals surface area (Å²) in [7, 11) is -2.99. The fourth-order valence-electron chi connectivity index (χ4n) is 1.25. The maximum Gasteiger partial charge on any atom is 0.149 e. The second-order valence-electron chi connectivity index (χ2n) is 3.23. The van der Waals surface area contributed by atoms with E-state index in [-0.39, 0.29) is 17.7 Å². The highest BCUT2D eigenvalue weighted by atomic mass is 35.5. The molecule has 1 aromatic rings. The summed E-state index contributed by atoms with van der Waals surface area (Å²) in [4.78, 5) is 0. The van der Waals surface area contributed by atoms with E-state index < -0.39 is 9.84 Å². The van der Waals surface area contributed by atoms with E-state index in [4.69, 9.17) is 11.6 Å². The molecule has 0 saturated heterocycles. The Morgan fingerprint density at radius 1 is 1.64 bits per heavy atom. The summed E-state index contributed by atoms with van der Waals surface area (Å²) >= 11 is 5.62. The van der Waals surface area contributed by atoms with Gasteiger partial charge in [-0.25, -0.2) is 8.42 Å². The molecule has 0 aliphatic heterocycles. The van der Waals surface area contributed by atoms with Crippen LogP contribution in [0.1, 0.15) is 18.8 Å². The Kier molecular flexibility index (Phi) is 3.49. The van der Waals surface area contributed by atoms with Crippen molar-refractivity contribution in [3.63, 3.8) is 0 Å². The van der Waals surface area contributed by atoms with Crippen molar-refractivity contribution in [3.05, 3.63) is 12.2 Å². The summed E-state index contributed by atoms with van der Waals surface area (Å²) in [6.45, 7) is 1.79. The number of halogens is 1. The first-order valence-corrected chi connectivity index (χ1v) is 6.65. The van der Waals surface area contributed by atoms with Crippen LogP contribution in [-0.2, 0) is 15.7 Å². The molecule has 14 heavy (non-hydrogen) atoms. The first-order valence-electron chi connectivity index (χ1n) is 4.06. The molecule has 0 saturated carbocycles. The first-order chi connectivity index (χ1) is 6.44. The van der Waals surface area contributed by atoms with Gasteiger partial charge in [0.05, 0.1) is 11.6 Å². The lowest BCUT2D eigenvalue weighted by molar-refractivity contribution is 0.551. The third kappa shape index (κ3) is 2.95. The zero-order chi connectivity index (χ0) is 10.8. The Hall–Kier alpha value is -0.620. The Labute approximate surface area is 88.0 Å². The second kappa shape index (κ2) is 4.27. The SMILES string of the molecule is CC(CS(C)(=O)=O)n1cnnc1CCl. The second-order valence-corrected chi connectivity index (χ2v) is 5.68. The van der Waals surface area contributed by atoms with E-state index in [2.05, 4.69) is 10.2 Å². The quantitative estimate of drug-likeness (QED) is 0.721. The molecule has 0 N–H and O–H groups in total. The molecule has 80 valence electrons. The van der Waals surface area contributed by atoms with E-state index >= 15 is 0 Å². The molecule has 0 aromatic carbocycles.